The zero-order valence-electron chi connectivity index (χ0n) is 15.5. The van der Waals surface area contributed by atoms with Gasteiger partial charge in [0.05, 0.1) is 24.2 Å². The molecule has 0 saturated heterocycles. The number of benzene rings is 2. The van der Waals surface area contributed by atoms with Crippen molar-refractivity contribution in [2.45, 2.75) is 19.0 Å². The van der Waals surface area contributed by atoms with Crippen LogP contribution in [0.15, 0.2) is 41.8 Å². The summed E-state index contributed by atoms with van der Waals surface area (Å²) in [7, 11) is 1.53. The molecular weight excluding hydrogens is 419 g/mol. The molecular formula is C19H18Cl2N4O2S. The number of carbonyl (C=O) groups excluding carboxylic acids is 1. The highest BCUT2D eigenvalue weighted by Crippen LogP contribution is 2.31. The number of hydrogen-bond acceptors (Lipinski definition) is 5. The van der Waals surface area contributed by atoms with E-state index in [0.29, 0.717) is 26.6 Å². The lowest BCUT2D eigenvalue weighted by atomic mass is 10.2. The van der Waals surface area contributed by atoms with Crippen LogP contribution in [0.25, 0.3) is 5.69 Å². The van der Waals surface area contributed by atoms with Crippen molar-refractivity contribution in [3.63, 3.8) is 0 Å². The quantitative estimate of drug-likeness (QED) is 0.554. The molecule has 0 spiro atoms. The molecule has 146 valence electrons. The maximum Gasteiger partial charge on any atom is 0.234 e. The van der Waals surface area contributed by atoms with E-state index in [1.54, 1.807) is 23.0 Å². The Balaban J connectivity index is 1.70. The van der Waals surface area contributed by atoms with Gasteiger partial charge in [0.1, 0.15) is 12.1 Å². The maximum absolute atomic E-state index is 12.4. The van der Waals surface area contributed by atoms with Crippen LogP contribution in [0.4, 0.5) is 5.69 Å². The van der Waals surface area contributed by atoms with Gasteiger partial charge in [-0.3, -0.25) is 9.36 Å². The molecule has 0 aliphatic carbocycles. The summed E-state index contributed by atoms with van der Waals surface area (Å²) < 4.78 is 7.07. The van der Waals surface area contributed by atoms with Gasteiger partial charge in [0.2, 0.25) is 5.91 Å². The zero-order chi connectivity index (χ0) is 20.3. The Hall–Kier alpha value is -2.22. The Bertz CT molecular complexity index is 1020. The van der Waals surface area contributed by atoms with Crippen LogP contribution in [0, 0.1) is 13.8 Å². The van der Waals surface area contributed by atoms with Crippen LogP contribution < -0.4 is 10.1 Å². The van der Waals surface area contributed by atoms with Gasteiger partial charge in [-0.1, -0.05) is 41.0 Å². The van der Waals surface area contributed by atoms with Crippen LogP contribution in [-0.4, -0.2) is 33.5 Å². The van der Waals surface area contributed by atoms with Gasteiger partial charge in [-0.05, 0) is 43.2 Å². The van der Waals surface area contributed by atoms with Crippen LogP contribution >= 0.6 is 35.0 Å². The molecule has 1 amide bonds. The third-order valence-electron chi connectivity index (χ3n) is 4.04. The van der Waals surface area contributed by atoms with Crippen molar-refractivity contribution >= 4 is 46.6 Å². The molecule has 2 aromatic carbocycles. The van der Waals surface area contributed by atoms with Gasteiger partial charge < -0.3 is 10.1 Å². The highest BCUT2D eigenvalue weighted by Gasteiger charge is 2.14. The first-order valence-corrected chi connectivity index (χ1v) is 10.1. The Morgan fingerprint density at radius 1 is 1.18 bits per heavy atom. The Kier molecular flexibility index (Phi) is 6.49. The first kappa shape index (κ1) is 20.5. The van der Waals surface area contributed by atoms with E-state index in [4.69, 9.17) is 27.9 Å². The fourth-order valence-corrected chi connectivity index (χ4v) is 3.54. The molecule has 1 heterocycles. The van der Waals surface area contributed by atoms with Crippen molar-refractivity contribution in [2.75, 3.05) is 18.2 Å². The minimum Gasteiger partial charge on any atom is -0.495 e. The summed E-state index contributed by atoms with van der Waals surface area (Å²) in [6.07, 6.45) is 1.59. The van der Waals surface area contributed by atoms with Crippen LogP contribution in [0.5, 0.6) is 5.75 Å². The molecule has 0 bridgehead atoms. The molecule has 1 N–H and O–H groups in total. The van der Waals surface area contributed by atoms with Crippen molar-refractivity contribution < 1.29 is 9.53 Å². The smallest absolute Gasteiger partial charge is 0.234 e. The van der Waals surface area contributed by atoms with E-state index in [9.17, 15) is 4.79 Å². The second-order valence-corrected chi connectivity index (χ2v) is 7.81. The number of aryl methyl sites for hydroxylation is 2. The number of hydrogen-bond donors (Lipinski definition) is 1. The van der Waals surface area contributed by atoms with Gasteiger partial charge in [0.25, 0.3) is 0 Å². The standard InChI is InChI=1S/C19H18Cl2N4O2S/c1-11-4-5-13(7-14(11)20)25-10-22-24-19(25)28-9-18(26)23-16-6-12(2)15(21)8-17(16)27-3/h4-8,10H,9H2,1-3H3,(H,23,26). The Morgan fingerprint density at radius 2 is 1.93 bits per heavy atom. The summed E-state index contributed by atoms with van der Waals surface area (Å²) in [4.78, 5) is 12.4. The number of anilines is 1. The van der Waals surface area contributed by atoms with Gasteiger partial charge in [-0.25, -0.2) is 0 Å². The van der Waals surface area contributed by atoms with Crippen molar-refractivity contribution in [1.29, 1.82) is 0 Å². The van der Waals surface area contributed by atoms with E-state index in [2.05, 4.69) is 15.5 Å². The van der Waals surface area contributed by atoms with Gasteiger partial charge in [0.15, 0.2) is 5.16 Å². The fraction of sp³-hybridized carbons (Fsp3) is 0.211. The number of carbonyl (C=O) groups is 1. The van der Waals surface area contributed by atoms with E-state index in [1.165, 1.54) is 18.9 Å². The van der Waals surface area contributed by atoms with Crippen molar-refractivity contribution in [3.8, 4) is 11.4 Å². The van der Waals surface area contributed by atoms with E-state index in [1.807, 2.05) is 32.0 Å². The van der Waals surface area contributed by atoms with E-state index < -0.39 is 0 Å². The molecule has 9 heteroatoms. The van der Waals surface area contributed by atoms with E-state index in [0.717, 1.165) is 16.8 Å². The van der Waals surface area contributed by atoms with Gasteiger partial charge >= 0.3 is 0 Å². The van der Waals surface area contributed by atoms with Gasteiger partial charge in [0, 0.05) is 16.1 Å². The molecule has 28 heavy (non-hydrogen) atoms. The number of amides is 1. The summed E-state index contributed by atoms with van der Waals surface area (Å²) in [5, 5.41) is 12.7. The molecule has 0 aliphatic heterocycles. The third kappa shape index (κ3) is 4.60. The second kappa shape index (κ2) is 8.86. The van der Waals surface area contributed by atoms with Crippen LogP contribution in [0.3, 0.4) is 0 Å². The predicted molar refractivity (Wildman–Crippen MR) is 113 cm³/mol. The number of ether oxygens (including phenoxy) is 1. The third-order valence-corrected chi connectivity index (χ3v) is 5.79. The van der Waals surface area contributed by atoms with Crippen LogP contribution in [0.1, 0.15) is 11.1 Å². The molecule has 1 aromatic heterocycles. The molecule has 0 unspecified atom stereocenters. The predicted octanol–water partition coefficient (Wildman–Crippen LogP) is 4.93. The van der Waals surface area contributed by atoms with Crippen LogP contribution in [0.2, 0.25) is 10.0 Å². The molecule has 0 atom stereocenters. The number of nitrogens with zero attached hydrogens (tertiary/aromatic N) is 3. The molecule has 0 radical (unpaired) electrons. The number of halogens is 2. The van der Waals surface area contributed by atoms with Crippen molar-refractivity contribution in [1.82, 2.24) is 14.8 Å². The monoisotopic (exact) mass is 436 g/mol. The average Bonchev–Trinajstić information content (AvgIpc) is 3.13. The second-order valence-electron chi connectivity index (χ2n) is 6.06. The summed E-state index contributed by atoms with van der Waals surface area (Å²) >= 11 is 13.6. The number of aromatic nitrogens is 3. The summed E-state index contributed by atoms with van der Waals surface area (Å²) in [6, 6.07) is 9.15. The Labute approximate surface area is 177 Å². The summed E-state index contributed by atoms with van der Waals surface area (Å²) in [6.45, 7) is 3.80. The van der Waals surface area contributed by atoms with E-state index >= 15 is 0 Å². The number of rotatable bonds is 6. The number of methoxy groups -OCH3 is 1. The normalized spacial score (nSPS) is 10.8. The summed E-state index contributed by atoms with van der Waals surface area (Å²) in [5.74, 6) is 0.469. The lowest BCUT2D eigenvalue weighted by Crippen LogP contribution is -2.15. The topological polar surface area (TPSA) is 69.0 Å². The highest BCUT2D eigenvalue weighted by atomic mass is 35.5. The zero-order valence-corrected chi connectivity index (χ0v) is 17.8. The van der Waals surface area contributed by atoms with Gasteiger partial charge in [-0.2, -0.15) is 0 Å². The number of thioether (sulfide) groups is 1. The lowest BCUT2D eigenvalue weighted by Gasteiger charge is -2.12. The van der Waals surface area contributed by atoms with E-state index in [-0.39, 0.29) is 11.7 Å². The van der Waals surface area contributed by atoms with Crippen molar-refractivity contribution in [3.05, 3.63) is 57.8 Å². The number of nitrogens with one attached hydrogen (secondary N) is 1. The van der Waals surface area contributed by atoms with Crippen LogP contribution in [-0.2, 0) is 4.79 Å². The fourth-order valence-electron chi connectivity index (χ4n) is 2.48. The molecule has 3 rings (SSSR count). The largest absolute Gasteiger partial charge is 0.495 e. The average molecular weight is 437 g/mol. The molecule has 0 saturated carbocycles. The SMILES string of the molecule is COc1cc(Cl)c(C)cc1NC(=O)CSc1nncn1-c1ccc(C)c(Cl)c1. The first-order chi connectivity index (χ1) is 13.4. The maximum atomic E-state index is 12.4. The first-order valence-electron chi connectivity index (χ1n) is 8.32. The molecule has 6 nitrogen and oxygen atoms in total. The molecule has 3 aromatic rings. The van der Waals surface area contributed by atoms with Gasteiger partial charge in [-0.15, -0.1) is 10.2 Å². The molecule has 0 aliphatic rings. The Morgan fingerprint density at radius 3 is 2.64 bits per heavy atom. The van der Waals surface area contributed by atoms with Crippen molar-refractivity contribution in [2.24, 2.45) is 0 Å². The molecule has 0 fully saturated rings. The summed E-state index contributed by atoms with van der Waals surface area (Å²) in [5.41, 5.74) is 3.24. The minimum absolute atomic E-state index is 0.156. The minimum atomic E-state index is -0.193. The highest BCUT2D eigenvalue weighted by molar-refractivity contribution is 7.99. The lowest BCUT2D eigenvalue weighted by molar-refractivity contribution is -0.113.